The predicted molar refractivity (Wildman–Crippen MR) is 111 cm³/mol. The number of piperazine rings is 1. The molecule has 0 spiro atoms. The maximum Gasteiger partial charge on any atom is 0.244 e. The van der Waals surface area contributed by atoms with Crippen LogP contribution < -0.4 is 0 Å². The fraction of sp³-hybridized carbons (Fsp3) is 0.222. The van der Waals surface area contributed by atoms with Gasteiger partial charge in [0.25, 0.3) is 0 Å². The molecule has 1 aliphatic rings. The smallest absolute Gasteiger partial charge is 0.208 e. The highest BCUT2D eigenvalue weighted by molar-refractivity contribution is 7.92. The van der Waals surface area contributed by atoms with Crippen molar-refractivity contribution in [3.05, 3.63) is 69.5 Å². The monoisotopic (exact) mass is 460 g/mol. The third-order valence-electron chi connectivity index (χ3n) is 4.32. The molecule has 0 saturated carbocycles. The highest BCUT2D eigenvalue weighted by Crippen LogP contribution is 2.31. The Hall–Kier alpha value is -1.42. The lowest BCUT2D eigenvalue weighted by Crippen LogP contribution is -2.50. The molecule has 0 unspecified atom stereocenters. The molecule has 0 N–H and O–H groups in total. The topological polar surface area (TPSA) is 74.8 Å². The number of halogens is 2. The Morgan fingerprint density at radius 1 is 0.786 bits per heavy atom. The van der Waals surface area contributed by atoms with E-state index in [9.17, 15) is 16.8 Å². The van der Waals surface area contributed by atoms with Crippen LogP contribution in [0.25, 0.3) is 6.08 Å². The van der Waals surface area contributed by atoms with Crippen LogP contribution >= 0.6 is 23.2 Å². The maximum atomic E-state index is 12.8. The molecule has 0 aliphatic carbocycles. The molecular weight excluding hydrogens is 443 g/mol. The van der Waals surface area contributed by atoms with Crippen molar-refractivity contribution in [2.45, 2.75) is 4.90 Å². The molecule has 10 heteroatoms. The molecule has 0 radical (unpaired) electrons. The van der Waals surface area contributed by atoms with Gasteiger partial charge in [-0.25, -0.2) is 16.8 Å². The average Bonchev–Trinajstić information content (AvgIpc) is 2.69. The summed E-state index contributed by atoms with van der Waals surface area (Å²) in [7, 11) is -7.51. The normalized spacial score (nSPS) is 17.2. The van der Waals surface area contributed by atoms with Gasteiger partial charge in [0.15, 0.2) is 0 Å². The summed E-state index contributed by atoms with van der Waals surface area (Å²) < 4.78 is 53.2. The third-order valence-corrected chi connectivity index (χ3v) is 8.76. The zero-order valence-electron chi connectivity index (χ0n) is 14.7. The van der Waals surface area contributed by atoms with Crippen molar-refractivity contribution in [3.8, 4) is 0 Å². The van der Waals surface area contributed by atoms with E-state index in [1.165, 1.54) is 32.9 Å². The van der Waals surface area contributed by atoms with Crippen LogP contribution in [0.1, 0.15) is 5.56 Å². The van der Waals surface area contributed by atoms with Crippen molar-refractivity contribution < 1.29 is 16.8 Å². The molecule has 150 valence electrons. The molecule has 1 aliphatic heterocycles. The molecule has 0 atom stereocenters. The van der Waals surface area contributed by atoms with Gasteiger partial charge < -0.3 is 0 Å². The Morgan fingerprint density at radius 2 is 1.39 bits per heavy atom. The van der Waals surface area contributed by atoms with Crippen LogP contribution in [0.2, 0.25) is 10.0 Å². The van der Waals surface area contributed by atoms with Gasteiger partial charge in [0, 0.05) is 31.6 Å². The molecule has 3 rings (SSSR count). The second-order valence-electron chi connectivity index (χ2n) is 6.11. The van der Waals surface area contributed by atoms with Crippen molar-refractivity contribution in [1.82, 2.24) is 8.61 Å². The molecule has 0 aromatic heterocycles. The van der Waals surface area contributed by atoms with Gasteiger partial charge in [0.2, 0.25) is 20.0 Å². The third kappa shape index (κ3) is 4.59. The molecule has 1 heterocycles. The SMILES string of the molecule is O=S(=O)(/C=C\c1ccccc1)N1CCN(S(=O)(=O)c2cccc(Cl)c2Cl)CC1. The summed E-state index contributed by atoms with van der Waals surface area (Å²) in [6.07, 6.45) is 1.52. The van der Waals surface area contributed by atoms with E-state index >= 15 is 0 Å². The number of nitrogens with zero attached hydrogens (tertiary/aromatic N) is 2. The van der Waals surface area contributed by atoms with E-state index in [4.69, 9.17) is 23.2 Å². The minimum Gasteiger partial charge on any atom is -0.208 e. The van der Waals surface area contributed by atoms with Crippen molar-refractivity contribution in [2.75, 3.05) is 26.2 Å². The van der Waals surface area contributed by atoms with Gasteiger partial charge in [0.1, 0.15) is 4.90 Å². The van der Waals surface area contributed by atoms with E-state index < -0.39 is 20.0 Å². The number of hydrogen-bond acceptors (Lipinski definition) is 4. The minimum absolute atomic E-state index is 0.0313. The van der Waals surface area contributed by atoms with Crippen LogP contribution in [0, 0.1) is 0 Å². The molecule has 6 nitrogen and oxygen atoms in total. The first-order chi connectivity index (χ1) is 13.2. The van der Waals surface area contributed by atoms with Crippen LogP contribution in [-0.2, 0) is 20.0 Å². The van der Waals surface area contributed by atoms with E-state index in [0.29, 0.717) is 0 Å². The van der Waals surface area contributed by atoms with E-state index in [0.717, 1.165) is 11.0 Å². The Labute approximate surface area is 175 Å². The second kappa shape index (κ2) is 8.52. The van der Waals surface area contributed by atoms with E-state index in [2.05, 4.69) is 0 Å². The summed E-state index contributed by atoms with van der Waals surface area (Å²) in [5.41, 5.74) is 0.767. The number of rotatable bonds is 5. The second-order valence-corrected chi connectivity index (χ2v) is 10.6. The van der Waals surface area contributed by atoms with Gasteiger partial charge in [-0.2, -0.15) is 8.61 Å². The summed E-state index contributed by atoms with van der Waals surface area (Å²) in [6.45, 7) is 0.172. The number of hydrogen-bond donors (Lipinski definition) is 0. The summed E-state index contributed by atoms with van der Waals surface area (Å²) >= 11 is 12.0. The van der Waals surface area contributed by atoms with Gasteiger partial charge in [0.05, 0.1) is 10.0 Å². The fourth-order valence-corrected chi connectivity index (χ4v) is 6.13. The first-order valence-corrected chi connectivity index (χ1v) is 12.1. The fourth-order valence-electron chi connectivity index (χ4n) is 2.80. The quantitative estimate of drug-likeness (QED) is 0.685. The van der Waals surface area contributed by atoms with Crippen molar-refractivity contribution in [3.63, 3.8) is 0 Å². The first kappa shape index (κ1) is 21.3. The van der Waals surface area contributed by atoms with Gasteiger partial charge in [-0.15, -0.1) is 0 Å². The highest BCUT2D eigenvalue weighted by Gasteiger charge is 2.33. The summed E-state index contributed by atoms with van der Waals surface area (Å²) in [4.78, 5) is -0.0815. The predicted octanol–water partition coefficient (Wildman–Crippen LogP) is 3.30. The van der Waals surface area contributed by atoms with Gasteiger partial charge >= 0.3 is 0 Å². The molecule has 0 amide bonds. The van der Waals surface area contributed by atoms with Crippen molar-refractivity contribution >= 4 is 49.3 Å². The molecule has 2 aromatic carbocycles. The molecule has 0 bridgehead atoms. The lowest BCUT2D eigenvalue weighted by atomic mass is 10.2. The lowest BCUT2D eigenvalue weighted by Gasteiger charge is -2.32. The van der Waals surface area contributed by atoms with Gasteiger partial charge in [-0.1, -0.05) is 59.6 Å². The Balaban J connectivity index is 1.71. The Bertz CT molecular complexity index is 1080. The van der Waals surface area contributed by atoms with Crippen LogP contribution in [0.3, 0.4) is 0 Å². The molecule has 28 heavy (non-hydrogen) atoms. The van der Waals surface area contributed by atoms with Crippen LogP contribution in [0.4, 0.5) is 0 Å². The maximum absolute atomic E-state index is 12.8. The Morgan fingerprint density at radius 3 is 2.04 bits per heavy atom. The van der Waals surface area contributed by atoms with Crippen LogP contribution in [0.15, 0.2) is 58.8 Å². The first-order valence-electron chi connectivity index (χ1n) is 8.39. The zero-order valence-corrected chi connectivity index (χ0v) is 17.8. The van der Waals surface area contributed by atoms with E-state index in [1.54, 1.807) is 12.1 Å². The van der Waals surface area contributed by atoms with Gasteiger partial charge in [-0.05, 0) is 23.8 Å². The molecule has 1 saturated heterocycles. The highest BCUT2D eigenvalue weighted by atomic mass is 35.5. The zero-order chi connectivity index (χ0) is 20.4. The largest absolute Gasteiger partial charge is 0.244 e. The molecule has 2 aromatic rings. The summed E-state index contributed by atoms with van der Waals surface area (Å²) in [5, 5.41) is 1.25. The lowest BCUT2D eigenvalue weighted by molar-refractivity contribution is 0.275. The van der Waals surface area contributed by atoms with E-state index in [-0.39, 0.29) is 41.1 Å². The molecular formula is C18H18Cl2N2O4S2. The van der Waals surface area contributed by atoms with E-state index in [1.807, 2.05) is 18.2 Å². The summed E-state index contributed by atoms with van der Waals surface area (Å²) in [6, 6.07) is 13.5. The summed E-state index contributed by atoms with van der Waals surface area (Å²) in [5.74, 6) is 0. The van der Waals surface area contributed by atoms with Crippen molar-refractivity contribution in [2.24, 2.45) is 0 Å². The standard InChI is InChI=1S/C18H18Cl2N2O4S2/c19-16-7-4-8-17(18(16)20)28(25,26)22-12-10-21(11-13-22)27(23,24)14-9-15-5-2-1-3-6-15/h1-9,14H,10-13H2/b14-9-. The average molecular weight is 461 g/mol. The van der Waals surface area contributed by atoms with Crippen LogP contribution in [-0.4, -0.2) is 51.6 Å². The van der Waals surface area contributed by atoms with Crippen molar-refractivity contribution in [1.29, 1.82) is 0 Å². The number of benzene rings is 2. The van der Waals surface area contributed by atoms with Gasteiger partial charge in [-0.3, -0.25) is 0 Å². The molecule has 1 fully saturated rings. The Kier molecular flexibility index (Phi) is 6.48. The van der Waals surface area contributed by atoms with Crippen LogP contribution in [0.5, 0.6) is 0 Å². The number of sulfonamides is 2. The minimum atomic E-state index is -3.86.